The molecule has 0 saturated carbocycles. The van der Waals surface area contributed by atoms with Gasteiger partial charge in [-0.25, -0.2) is 0 Å². The summed E-state index contributed by atoms with van der Waals surface area (Å²) in [5, 5.41) is 3.21. The molecule has 4 nitrogen and oxygen atoms in total. The van der Waals surface area contributed by atoms with Crippen molar-refractivity contribution < 1.29 is 4.79 Å². The minimum atomic E-state index is 0.00318. The molecule has 1 aromatic heterocycles. The van der Waals surface area contributed by atoms with Crippen LogP contribution in [0.25, 0.3) is 0 Å². The molecule has 0 bridgehead atoms. The molecule has 1 unspecified atom stereocenters. The third kappa shape index (κ3) is 5.53. The van der Waals surface area contributed by atoms with E-state index in [-0.39, 0.29) is 11.9 Å². The van der Waals surface area contributed by atoms with E-state index < -0.39 is 0 Å². The van der Waals surface area contributed by atoms with Crippen molar-refractivity contribution >= 4 is 5.91 Å². The first-order chi connectivity index (χ1) is 11.5. The number of carbonyl (C=O) groups excluding carboxylic acids is 1. The van der Waals surface area contributed by atoms with Crippen molar-refractivity contribution in [3.8, 4) is 0 Å². The molecule has 2 aromatic rings. The van der Waals surface area contributed by atoms with Gasteiger partial charge >= 0.3 is 0 Å². The van der Waals surface area contributed by atoms with E-state index in [0.717, 1.165) is 13.0 Å². The molecule has 1 heterocycles. The van der Waals surface area contributed by atoms with Crippen molar-refractivity contribution in [3.05, 3.63) is 59.9 Å². The Morgan fingerprint density at radius 2 is 1.83 bits per heavy atom. The summed E-state index contributed by atoms with van der Waals surface area (Å²) in [6.45, 7) is 5.93. The Morgan fingerprint density at radius 3 is 2.46 bits per heavy atom. The number of amides is 1. The fourth-order valence-electron chi connectivity index (χ4n) is 2.99. The molecule has 1 amide bonds. The van der Waals surface area contributed by atoms with Crippen LogP contribution in [0.2, 0.25) is 0 Å². The van der Waals surface area contributed by atoms with Gasteiger partial charge in [0.05, 0.1) is 0 Å². The molecular weight excluding hydrogens is 298 g/mol. The Balaban J connectivity index is 2.07. The lowest BCUT2D eigenvalue weighted by molar-refractivity contribution is 0.0915. The molecule has 0 aliphatic heterocycles. The molecule has 0 aliphatic carbocycles. The Labute approximate surface area is 145 Å². The van der Waals surface area contributed by atoms with Gasteiger partial charge in [0.2, 0.25) is 0 Å². The highest BCUT2D eigenvalue weighted by Gasteiger charge is 2.18. The monoisotopic (exact) mass is 327 g/mol. The van der Waals surface area contributed by atoms with E-state index in [1.807, 2.05) is 55.2 Å². The van der Waals surface area contributed by atoms with Gasteiger partial charge in [0.15, 0.2) is 0 Å². The maximum Gasteiger partial charge on any atom is 0.268 e. The smallest absolute Gasteiger partial charge is 0.268 e. The van der Waals surface area contributed by atoms with Gasteiger partial charge in [-0.15, -0.1) is 0 Å². The lowest BCUT2D eigenvalue weighted by atomic mass is 10.0. The molecule has 0 spiro atoms. The van der Waals surface area contributed by atoms with E-state index in [9.17, 15) is 4.79 Å². The van der Waals surface area contributed by atoms with Gasteiger partial charge in [-0.3, -0.25) is 4.79 Å². The van der Waals surface area contributed by atoms with Crippen LogP contribution in [-0.2, 0) is 6.54 Å². The number of hydrogen-bond donors (Lipinski definition) is 1. The van der Waals surface area contributed by atoms with Crippen molar-refractivity contribution in [2.75, 3.05) is 20.6 Å². The number of carbonyl (C=O) groups is 1. The lowest BCUT2D eigenvalue weighted by Gasteiger charge is -2.24. The second-order valence-electron chi connectivity index (χ2n) is 7.07. The molecule has 0 radical (unpaired) electrons. The van der Waals surface area contributed by atoms with Gasteiger partial charge in [0.25, 0.3) is 5.91 Å². The highest BCUT2D eigenvalue weighted by molar-refractivity contribution is 5.93. The molecule has 0 saturated heterocycles. The summed E-state index contributed by atoms with van der Waals surface area (Å²) >= 11 is 0. The molecular formula is C20H29N3O. The zero-order valence-corrected chi connectivity index (χ0v) is 15.2. The first kappa shape index (κ1) is 18.3. The highest BCUT2D eigenvalue weighted by Crippen LogP contribution is 2.10. The number of nitrogens with zero attached hydrogens (tertiary/aromatic N) is 2. The summed E-state index contributed by atoms with van der Waals surface area (Å²) in [5.41, 5.74) is 1.90. The average molecular weight is 327 g/mol. The number of benzene rings is 1. The average Bonchev–Trinajstić information content (AvgIpc) is 2.95. The topological polar surface area (TPSA) is 37.3 Å². The second kappa shape index (κ2) is 8.69. The largest absolute Gasteiger partial charge is 0.347 e. The summed E-state index contributed by atoms with van der Waals surface area (Å²) in [6.07, 6.45) is 2.94. The fraction of sp³-hybridized carbons (Fsp3) is 0.450. The SMILES string of the molecule is CC(C)CC(CN(C)C)NC(=O)c1cccn1Cc1ccccc1. The zero-order valence-electron chi connectivity index (χ0n) is 15.2. The normalized spacial score (nSPS) is 12.6. The quantitative estimate of drug-likeness (QED) is 0.808. The molecule has 4 heteroatoms. The number of nitrogens with one attached hydrogen (secondary N) is 1. The van der Waals surface area contributed by atoms with Gasteiger partial charge in [0, 0.05) is 25.3 Å². The minimum absolute atomic E-state index is 0.00318. The fourth-order valence-corrected chi connectivity index (χ4v) is 2.99. The summed E-state index contributed by atoms with van der Waals surface area (Å²) in [5.74, 6) is 0.551. The van der Waals surface area contributed by atoms with E-state index >= 15 is 0 Å². The van der Waals surface area contributed by atoms with Crippen LogP contribution >= 0.6 is 0 Å². The zero-order chi connectivity index (χ0) is 17.5. The second-order valence-corrected chi connectivity index (χ2v) is 7.07. The van der Waals surface area contributed by atoms with Crippen molar-refractivity contribution in [2.24, 2.45) is 5.92 Å². The Hall–Kier alpha value is -2.07. The number of likely N-dealkylation sites (N-methyl/N-ethyl adjacent to an activating group) is 1. The van der Waals surface area contributed by atoms with E-state index in [1.165, 1.54) is 5.56 Å². The van der Waals surface area contributed by atoms with Crippen LogP contribution in [0.5, 0.6) is 0 Å². The lowest BCUT2D eigenvalue weighted by Crippen LogP contribution is -2.43. The van der Waals surface area contributed by atoms with E-state index in [2.05, 4.69) is 36.2 Å². The number of rotatable bonds is 8. The summed E-state index contributed by atoms with van der Waals surface area (Å²) in [4.78, 5) is 14.9. The molecule has 130 valence electrons. The van der Waals surface area contributed by atoms with Crippen LogP contribution in [0.15, 0.2) is 48.7 Å². The Kier molecular flexibility index (Phi) is 6.62. The molecule has 0 aliphatic rings. The van der Waals surface area contributed by atoms with Crippen LogP contribution in [0.4, 0.5) is 0 Å². The molecule has 24 heavy (non-hydrogen) atoms. The van der Waals surface area contributed by atoms with Crippen LogP contribution in [-0.4, -0.2) is 42.1 Å². The van der Waals surface area contributed by atoms with Crippen molar-refractivity contribution in [1.82, 2.24) is 14.8 Å². The maximum absolute atomic E-state index is 12.7. The van der Waals surface area contributed by atoms with Crippen LogP contribution in [0, 0.1) is 5.92 Å². The van der Waals surface area contributed by atoms with Gasteiger partial charge in [-0.05, 0) is 44.1 Å². The number of aromatic nitrogens is 1. The molecule has 0 fully saturated rings. The molecule has 1 aromatic carbocycles. The van der Waals surface area contributed by atoms with Crippen molar-refractivity contribution in [2.45, 2.75) is 32.9 Å². The highest BCUT2D eigenvalue weighted by atomic mass is 16.2. The third-order valence-electron chi connectivity index (χ3n) is 3.93. The van der Waals surface area contributed by atoms with Crippen LogP contribution in [0.3, 0.4) is 0 Å². The van der Waals surface area contributed by atoms with Crippen LogP contribution in [0.1, 0.15) is 36.3 Å². The summed E-state index contributed by atoms with van der Waals surface area (Å²) in [7, 11) is 4.08. The van der Waals surface area contributed by atoms with Gasteiger partial charge in [-0.2, -0.15) is 0 Å². The van der Waals surface area contributed by atoms with Gasteiger partial charge in [-0.1, -0.05) is 44.2 Å². The first-order valence-corrected chi connectivity index (χ1v) is 8.60. The van der Waals surface area contributed by atoms with E-state index in [4.69, 9.17) is 0 Å². The maximum atomic E-state index is 12.7. The van der Waals surface area contributed by atoms with Gasteiger partial charge < -0.3 is 14.8 Å². The third-order valence-corrected chi connectivity index (χ3v) is 3.93. The van der Waals surface area contributed by atoms with Gasteiger partial charge in [0.1, 0.15) is 5.69 Å². The standard InChI is InChI=1S/C20H29N3O/c1-16(2)13-18(15-22(3)4)21-20(24)19-11-8-12-23(19)14-17-9-6-5-7-10-17/h5-12,16,18H,13-15H2,1-4H3,(H,21,24). The van der Waals surface area contributed by atoms with Crippen molar-refractivity contribution in [1.29, 1.82) is 0 Å². The first-order valence-electron chi connectivity index (χ1n) is 8.60. The predicted octanol–water partition coefficient (Wildman–Crippen LogP) is 3.24. The Morgan fingerprint density at radius 1 is 1.12 bits per heavy atom. The Bertz CT molecular complexity index is 621. The van der Waals surface area contributed by atoms with Crippen LogP contribution < -0.4 is 5.32 Å². The molecule has 1 atom stereocenters. The summed E-state index contributed by atoms with van der Waals surface area (Å²) < 4.78 is 2.01. The number of hydrogen-bond acceptors (Lipinski definition) is 2. The predicted molar refractivity (Wildman–Crippen MR) is 99.2 cm³/mol. The molecule has 2 rings (SSSR count). The van der Waals surface area contributed by atoms with Crippen molar-refractivity contribution in [3.63, 3.8) is 0 Å². The molecule has 1 N–H and O–H groups in total. The van der Waals surface area contributed by atoms with E-state index in [0.29, 0.717) is 18.2 Å². The minimum Gasteiger partial charge on any atom is -0.347 e. The summed E-state index contributed by atoms with van der Waals surface area (Å²) in [6, 6.07) is 14.2. The van der Waals surface area contributed by atoms with E-state index in [1.54, 1.807) is 0 Å².